The van der Waals surface area contributed by atoms with Crippen molar-refractivity contribution in [2.24, 2.45) is 5.92 Å². The molecule has 106 valence electrons. The Morgan fingerprint density at radius 3 is 2.37 bits per heavy atom. The van der Waals surface area contributed by atoms with Gasteiger partial charge in [-0.3, -0.25) is 9.69 Å². The van der Waals surface area contributed by atoms with Crippen LogP contribution < -0.4 is 0 Å². The van der Waals surface area contributed by atoms with Crippen molar-refractivity contribution < 1.29 is 4.79 Å². The van der Waals surface area contributed by atoms with Gasteiger partial charge in [-0.1, -0.05) is 57.9 Å². The van der Waals surface area contributed by atoms with Crippen LogP contribution in [0, 0.1) is 5.92 Å². The maximum Gasteiger partial charge on any atom is 0.176 e. The largest absolute Gasteiger partial charge is 0.299 e. The molecule has 1 unspecified atom stereocenters. The minimum Gasteiger partial charge on any atom is -0.299 e. The van der Waals surface area contributed by atoms with Crippen LogP contribution in [0.15, 0.2) is 24.3 Å². The Morgan fingerprint density at radius 2 is 1.84 bits per heavy atom. The van der Waals surface area contributed by atoms with Crippen molar-refractivity contribution in [3.63, 3.8) is 0 Å². The molecular weight excluding hydrogens is 234 g/mol. The highest BCUT2D eigenvalue weighted by atomic mass is 16.1. The number of hydrogen-bond acceptors (Lipinski definition) is 2. The first kappa shape index (κ1) is 15.9. The van der Waals surface area contributed by atoms with Gasteiger partial charge in [0.25, 0.3) is 0 Å². The third-order valence-electron chi connectivity index (χ3n) is 3.55. The van der Waals surface area contributed by atoms with Gasteiger partial charge in [-0.2, -0.15) is 0 Å². The second kappa shape index (κ2) is 8.11. The fourth-order valence-electron chi connectivity index (χ4n) is 2.21. The fraction of sp³-hybridized carbons (Fsp3) is 0.588. The quantitative estimate of drug-likeness (QED) is 0.663. The molecule has 19 heavy (non-hydrogen) atoms. The lowest BCUT2D eigenvalue weighted by Gasteiger charge is -2.19. The minimum atomic E-state index is 0.217. The molecule has 0 aliphatic rings. The van der Waals surface area contributed by atoms with Crippen molar-refractivity contribution in [2.45, 2.75) is 40.0 Å². The van der Waals surface area contributed by atoms with Crippen molar-refractivity contribution in [3.8, 4) is 0 Å². The number of benzene rings is 1. The van der Waals surface area contributed by atoms with E-state index in [4.69, 9.17) is 0 Å². The van der Waals surface area contributed by atoms with Crippen LogP contribution in [-0.2, 0) is 6.42 Å². The lowest BCUT2D eigenvalue weighted by atomic mass is 10.0. The molecule has 1 atom stereocenters. The van der Waals surface area contributed by atoms with Gasteiger partial charge in [0.2, 0.25) is 0 Å². The zero-order valence-corrected chi connectivity index (χ0v) is 12.8. The molecule has 0 spiro atoms. The normalized spacial score (nSPS) is 12.7. The van der Waals surface area contributed by atoms with E-state index < -0.39 is 0 Å². The zero-order chi connectivity index (χ0) is 14.3. The van der Waals surface area contributed by atoms with Crippen LogP contribution in [0.25, 0.3) is 0 Å². The van der Waals surface area contributed by atoms with Crippen molar-refractivity contribution >= 4 is 5.78 Å². The van der Waals surface area contributed by atoms with Crippen LogP contribution in [-0.4, -0.2) is 30.8 Å². The Kier molecular flexibility index (Phi) is 6.79. The summed E-state index contributed by atoms with van der Waals surface area (Å²) < 4.78 is 0. The summed E-state index contributed by atoms with van der Waals surface area (Å²) in [5, 5.41) is 0. The maximum absolute atomic E-state index is 12.2. The molecule has 0 bridgehead atoms. The zero-order valence-electron chi connectivity index (χ0n) is 12.8. The Hall–Kier alpha value is -1.15. The van der Waals surface area contributed by atoms with E-state index in [9.17, 15) is 4.79 Å². The van der Waals surface area contributed by atoms with Crippen LogP contribution >= 0.6 is 0 Å². The molecule has 0 aliphatic carbocycles. The number of likely N-dealkylation sites (N-methyl/N-ethyl adjacent to an activating group) is 1. The first-order valence-electron chi connectivity index (χ1n) is 7.37. The molecule has 0 heterocycles. The van der Waals surface area contributed by atoms with Crippen LogP contribution in [0.1, 0.15) is 49.5 Å². The topological polar surface area (TPSA) is 20.3 Å². The van der Waals surface area contributed by atoms with Crippen LogP contribution in [0.4, 0.5) is 0 Å². The number of Topliss-reactive ketones (excluding diaryl/α,β-unsaturated/α-hetero) is 1. The molecule has 1 aromatic rings. The molecule has 1 aromatic carbocycles. The van der Waals surface area contributed by atoms with Crippen molar-refractivity contribution in [2.75, 3.05) is 20.1 Å². The highest BCUT2D eigenvalue weighted by Gasteiger charge is 2.11. The number of nitrogens with zero attached hydrogens (tertiary/aromatic N) is 1. The average molecular weight is 261 g/mol. The summed E-state index contributed by atoms with van der Waals surface area (Å²) in [5.74, 6) is 0.860. The Morgan fingerprint density at radius 1 is 1.21 bits per heavy atom. The van der Waals surface area contributed by atoms with Gasteiger partial charge in [-0.25, -0.2) is 0 Å². The van der Waals surface area contributed by atoms with Gasteiger partial charge in [0.05, 0.1) is 6.54 Å². The number of hydrogen-bond donors (Lipinski definition) is 0. The molecule has 2 heteroatoms. The molecule has 0 radical (unpaired) electrons. The Bertz CT molecular complexity index is 383. The highest BCUT2D eigenvalue weighted by Crippen LogP contribution is 2.09. The molecule has 0 amide bonds. The third kappa shape index (κ3) is 5.56. The Balaban J connectivity index is 2.53. The van der Waals surface area contributed by atoms with E-state index >= 15 is 0 Å². The smallest absolute Gasteiger partial charge is 0.176 e. The number of aryl methyl sites for hydroxylation is 1. The first-order valence-corrected chi connectivity index (χ1v) is 7.37. The number of carbonyl (C=O) groups excluding carboxylic acids is 1. The lowest BCUT2D eigenvalue weighted by molar-refractivity contribution is 0.0939. The highest BCUT2D eigenvalue weighted by molar-refractivity contribution is 5.97. The van der Waals surface area contributed by atoms with E-state index in [1.54, 1.807) is 0 Å². The SMILES string of the molecule is CCCc1ccc(C(=O)CN(C)CC(C)CC)cc1. The third-order valence-corrected chi connectivity index (χ3v) is 3.55. The van der Waals surface area contributed by atoms with Gasteiger partial charge in [-0.15, -0.1) is 0 Å². The van der Waals surface area contributed by atoms with Gasteiger partial charge < -0.3 is 0 Å². The summed E-state index contributed by atoms with van der Waals surface area (Å²) in [6.45, 7) is 8.07. The number of carbonyl (C=O) groups is 1. The van der Waals surface area contributed by atoms with E-state index in [2.05, 4.69) is 37.8 Å². The molecular formula is C17H27NO. The van der Waals surface area contributed by atoms with Crippen molar-refractivity contribution in [1.82, 2.24) is 4.90 Å². The second-order valence-corrected chi connectivity index (χ2v) is 5.58. The molecule has 0 aromatic heterocycles. The van der Waals surface area contributed by atoms with Crippen LogP contribution in [0.2, 0.25) is 0 Å². The number of ketones is 1. The first-order chi connectivity index (χ1) is 9.06. The maximum atomic E-state index is 12.2. The number of rotatable bonds is 8. The fourth-order valence-corrected chi connectivity index (χ4v) is 2.21. The molecule has 0 N–H and O–H groups in total. The molecule has 0 aliphatic heterocycles. The molecule has 0 saturated carbocycles. The predicted molar refractivity (Wildman–Crippen MR) is 81.7 cm³/mol. The summed E-state index contributed by atoms with van der Waals surface area (Å²) in [5.41, 5.74) is 2.14. The van der Waals surface area contributed by atoms with Crippen LogP contribution in [0.3, 0.4) is 0 Å². The van der Waals surface area contributed by atoms with Gasteiger partial charge in [0.15, 0.2) is 5.78 Å². The van der Waals surface area contributed by atoms with E-state index in [0.717, 1.165) is 31.4 Å². The summed E-state index contributed by atoms with van der Waals surface area (Å²) in [7, 11) is 2.02. The lowest BCUT2D eigenvalue weighted by Crippen LogP contribution is -2.30. The minimum absolute atomic E-state index is 0.217. The summed E-state index contributed by atoms with van der Waals surface area (Å²) in [6, 6.07) is 8.08. The van der Waals surface area contributed by atoms with E-state index in [1.165, 1.54) is 5.56 Å². The van der Waals surface area contributed by atoms with Gasteiger partial charge in [-0.05, 0) is 24.9 Å². The molecule has 0 saturated heterocycles. The second-order valence-electron chi connectivity index (χ2n) is 5.58. The van der Waals surface area contributed by atoms with Gasteiger partial charge >= 0.3 is 0 Å². The standard InChI is InChI=1S/C17H27NO/c1-5-7-15-8-10-16(11-9-15)17(19)13-18(4)12-14(3)6-2/h8-11,14H,5-7,12-13H2,1-4H3. The average Bonchev–Trinajstić information content (AvgIpc) is 2.39. The summed E-state index contributed by atoms with van der Waals surface area (Å²) >= 11 is 0. The summed E-state index contributed by atoms with van der Waals surface area (Å²) in [4.78, 5) is 14.3. The predicted octanol–water partition coefficient (Wildman–Crippen LogP) is 3.80. The van der Waals surface area contributed by atoms with E-state index in [0.29, 0.717) is 12.5 Å². The van der Waals surface area contributed by atoms with E-state index in [-0.39, 0.29) is 5.78 Å². The van der Waals surface area contributed by atoms with E-state index in [1.807, 2.05) is 19.2 Å². The van der Waals surface area contributed by atoms with Gasteiger partial charge in [0.1, 0.15) is 0 Å². The molecule has 2 nitrogen and oxygen atoms in total. The van der Waals surface area contributed by atoms with Crippen LogP contribution in [0.5, 0.6) is 0 Å². The molecule has 1 rings (SSSR count). The van der Waals surface area contributed by atoms with Gasteiger partial charge in [0, 0.05) is 12.1 Å². The Labute approximate surface area is 117 Å². The van der Waals surface area contributed by atoms with Crippen molar-refractivity contribution in [1.29, 1.82) is 0 Å². The molecule has 0 fully saturated rings. The summed E-state index contributed by atoms with van der Waals surface area (Å²) in [6.07, 6.45) is 3.39. The van der Waals surface area contributed by atoms with Crippen molar-refractivity contribution in [3.05, 3.63) is 35.4 Å². The monoisotopic (exact) mass is 261 g/mol.